The average molecular weight is 464 g/mol. The second-order valence-corrected chi connectivity index (χ2v) is 11.0. The summed E-state index contributed by atoms with van der Waals surface area (Å²) in [5, 5.41) is 9.45. The third kappa shape index (κ3) is 4.12. The van der Waals surface area contributed by atoms with Gasteiger partial charge >= 0.3 is 0 Å². The number of piperidine rings is 1. The van der Waals surface area contributed by atoms with Gasteiger partial charge in [0.15, 0.2) is 0 Å². The highest BCUT2D eigenvalue weighted by atomic mass is 32.2. The minimum Gasteiger partial charge on any atom is -0.346 e. The third-order valence-electron chi connectivity index (χ3n) is 6.80. The molecule has 9 heteroatoms. The Labute approximate surface area is 192 Å². The monoisotopic (exact) mass is 463 g/mol. The lowest BCUT2D eigenvalue weighted by molar-refractivity contribution is -0.133. The fraction of sp³-hybridized carbons (Fsp3) is 0.375. The van der Waals surface area contributed by atoms with Crippen LogP contribution in [0, 0.1) is 11.3 Å². The second kappa shape index (κ2) is 8.61. The Balaban J connectivity index is 1.15. The molecule has 2 fully saturated rings. The molecule has 0 saturated carbocycles. The van der Waals surface area contributed by atoms with Gasteiger partial charge in [-0.2, -0.15) is 5.26 Å². The van der Waals surface area contributed by atoms with Crippen molar-refractivity contribution in [2.24, 2.45) is 0 Å². The summed E-state index contributed by atoms with van der Waals surface area (Å²) in [5.41, 5.74) is 3.44. The molecule has 4 heterocycles. The van der Waals surface area contributed by atoms with Crippen molar-refractivity contribution in [3.05, 3.63) is 65.5 Å². The summed E-state index contributed by atoms with van der Waals surface area (Å²) >= 11 is 0. The number of aromatic nitrogens is 2. The number of amides is 1. The van der Waals surface area contributed by atoms with Gasteiger partial charge in [0.05, 0.1) is 18.1 Å². The second-order valence-electron chi connectivity index (χ2n) is 8.77. The van der Waals surface area contributed by atoms with Crippen LogP contribution in [0.5, 0.6) is 0 Å². The van der Waals surface area contributed by atoms with Crippen LogP contribution in [0.1, 0.15) is 35.4 Å². The number of rotatable bonds is 5. The standard InChI is InChI=1S/C24H25N5O3S/c25-13-18-5-3-17(4-6-18)12-23(30)28-15-20(16-28)33(31,32)29-10-7-19(8-11-29)22-14-27-24-21(22)2-1-9-26-24/h1-6,9,14,19-20H,7-8,10-12,15-16H2,(H,26,27). The van der Waals surface area contributed by atoms with Crippen molar-refractivity contribution in [1.29, 1.82) is 5.26 Å². The fourth-order valence-electron chi connectivity index (χ4n) is 4.76. The van der Waals surface area contributed by atoms with Gasteiger partial charge in [-0.25, -0.2) is 17.7 Å². The number of hydrogen-bond acceptors (Lipinski definition) is 5. The Kier molecular flexibility index (Phi) is 5.64. The van der Waals surface area contributed by atoms with E-state index in [1.54, 1.807) is 39.7 Å². The highest BCUT2D eigenvalue weighted by molar-refractivity contribution is 7.89. The number of aromatic amines is 1. The first kappa shape index (κ1) is 21.6. The molecule has 0 aliphatic carbocycles. The normalized spacial score (nSPS) is 18.2. The van der Waals surface area contributed by atoms with E-state index >= 15 is 0 Å². The largest absolute Gasteiger partial charge is 0.346 e. The number of H-pyrrole nitrogens is 1. The predicted octanol–water partition coefficient (Wildman–Crippen LogP) is 2.40. The van der Waals surface area contributed by atoms with E-state index in [1.807, 2.05) is 12.3 Å². The van der Waals surface area contributed by atoms with E-state index in [0.29, 0.717) is 24.6 Å². The number of carbonyl (C=O) groups is 1. The van der Waals surface area contributed by atoms with Gasteiger partial charge in [-0.05, 0) is 54.2 Å². The molecule has 1 aromatic carbocycles. The van der Waals surface area contributed by atoms with E-state index in [4.69, 9.17) is 5.26 Å². The number of likely N-dealkylation sites (tertiary alicyclic amines) is 1. The predicted molar refractivity (Wildman–Crippen MR) is 124 cm³/mol. The Morgan fingerprint density at radius 2 is 1.88 bits per heavy atom. The van der Waals surface area contributed by atoms with Crippen molar-refractivity contribution in [3.63, 3.8) is 0 Å². The fourth-order valence-corrected chi connectivity index (χ4v) is 6.64. The smallest absolute Gasteiger partial charge is 0.227 e. The molecule has 2 aromatic heterocycles. The minimum atomic E-state index is -3.43. The molecular formula is C24H25N5O3S. The number of fused-ring (bicyclic) bond motifs is 1. The van der Waals surface area contributed by atoms with Gasteiger partial charge in [0.2, 0.25) is 15.9 Å². The van der Waals surface area contributed by atoms with Gasteiger partial charge < -0.3 is 9.88 Å². The molecular weight excluding hydrogens is 438 g/mol. The van der Waals surface area contributed by atoms with Crippen LogP contribution in [0.25, 0.3) is 11.0 Å². The molecule has 2 saturated heterocycles. The van der Waals surface area contributed by atoms with Crippen LogP contribution >= 0.6 is 0 Å². The number of hydrogen-bond donors (Lipinski definition) is 1. The SMILES string of the molecule is N#Cc1ccc(CC(=O)N2CC(S(=O)(=O)N3CCC(c4c[nH]c5ncccc45)CC3)C2)cc1. The molecule has 2 aliphatic rings. The third-order valence-corrected chi connectivity index (χ3v) is 9.02. The number of nitrogens with one attached hydrogen (secondary N) is 1. The Hall–Kier alpha value is -3.22. The molecule has 1 N–H and O–H groups in total. The van der Waals surface area contributed by atoms with Crippen LogP contribution in [0.2, 0.25) is 0 Å². The van der Waals surface area contributed by atoms with E-state index in [2.05, 4.69) is 22.1 Å². The maximum Gasteiger partial charge on any atom is 0.227 e. The minimum absolute atomic E-state index is 0.0854. The molecule has 0 unspecified atom stereocenters. The first-order valence-corrected chi connectivity index (χ1v) is 12.6. The Bertz CT molecular complexity index is 1310. The van der Waals surface area contributed by atoms with E-state index in [1.165, 1.54) is 5.56 Å². The highest BCUT2D eigenvalue weighted by Gasteiger charge is 2.43. The molecule has 1 amide bonds. The number of nitrogens with zero attached hydrogens (tertiary/aromatic N) is 4. The van der Waals surface area contributed by atoms with Crippen molar-refractivity contribution < 1.29 is 13.2 Å². The van der Waals surface area contributed by atoms with E-state index < -0.39 is 15.3 Å². The average Bonchev–Trinajstić information content (AvgIpc) is 3.23. The molecule has 0 spiro atoms. The molecule has 170 valence electrons. The van der Waals surface area contributed by atoms with Crippen molar-refractivity contribution in [3.8, 4) is 6.07 Å². The van der Waals surface area contributed by atoms with Crippen LogP contribution in [-0.2, 0) is 21.2 Å². The summed E-state index contributed by atoms with van der Waals surface area (Å²) in [4.78, 5) is 21.7. The van der Waals surface area contributed by atoms with E-state index in [-0.39, 0.29) is 25.4 Å². The summed E-state index contributed by atoms with van der Waals surface area (Å²) < 4.78 is 27.8. The molecule has 2 aliphatic heterocycles. The van der Waals surface area contributed by atoms with Crippen molar-refractivity contribution >= 4 is 27.0 Å². The van der Waals surface area contributed by atoms with Crippen LogP contribution in [0.4, 0.5) is 0 Å². The lowest BCUT2D eigenvalue weighted by Crippen LogP contribution is -2.60. The van der Waals surface area contributed by atoms with E-state index in [9.17, 15) is 13.2 Å². The van der Waals surface area contributed by atoms with Gasteiger partial charge in [0, 0.05) is 44.0 Å². The summed E-state index contributed by atoms with van der Waals surface area (Å²) in [6.45, 7) is 1.47. The first-order chi connectivity index (χ1) is 16.0. The zero-order valence-electron chi connectivity index (χ0n) is 18.1. The molecule has 0 bridgehead atoms. The van der Waals surface area contributed by atoms with Crippen LogP contribution < -0.4 is 0 Å². The number of carbonyl (C=O) groups excluding carboxylic acids is 1. The van der Waals surface area contributed by atoms with Crippen LogP contribution in [-0.4, -0.2) is 64.9 Å². The maximum atomic E-state index is 13.1. The van der Waals surface area contributed by atoms with Gasteiger partial charge in [-0.3, -0.25) is 4.79 Å². The summed E-state index contributed by atoms with van der Waals surface area (Å²) in [6.07, 6.45) is 5.51. The zero-order valence-corrected chi connectivity index (χ0v) is 19.0. The molecule has 5 rings (SSSR count). The van der Waals surface area contributed by atoms with Crippen LogP contribution in [0.3, 0.4) is 0 Å². The van der Waals surface area contributed by atoms with Crippen molar-refractivity contribution in [1.82, 2.24) is 19.2 Å². The number of sulfonamides is 1. The number of pyridine rings is 1. The molecule has 0 atom stereocenters. The number of benzene rings is 1. The topological polar surface area (TPSA) is 110 Å². The van der Waals surface area contributed by atoms with Crippen LogP contribution in [0.15, 0.2) is 48.8 Å². The van der Waals surface area contributed by atoms with Gasteiger partial charge in [0.25, 0.3) is 0 Å². The van der Waals surface area contributed by atoms with Crippen molar-refractivity contribution in [2.45, 2.75) is 30.4 Å². The van der Waals surface area contributed by atoms with Crippen molar-refractivity contribution in [2.75, 3.05) is 26.2 Å². The van der Waals surface area contributed by atoms with Gasteiger partial charge in [0.1, 0.15) is 10.9 Å². The molecule has 3 aromatic rings. The lowest BCUT2D eigenvalue weighted by atomic mass is 9.90. The maximum absolute atomic E-state index is 13.1. The Morgan fingerprint density at radius 3 is 2.58 bits per heavy atom. The van der Waals surface area contributed by atoms with E-state index in [0.717, 1.165) is 29.4 Å². The first-order valence-electron chi connectivity index (χ1n) is 11.1. The Morgan fingerprint density at radius 1 is 1.15 bits per heavy atom. The highest BCUT2D eigenvalue weighted by Crippen LogP contribution is 2.34. The summed E-state index contributed by atoms with van der Waals surface area (Å²) in [7, 11) is -3.43. The van der Waals surface area contributed by atoms with Gasteiger partial charge in [-0.1, -0.05) is 12.1 Å². The molecule has 0 radical (unpaired) electrons. The quantitative estimate of drug-likeness (QED) is 0.625. The molecule has 33 heavy (non-hydrogen) atoms. The zero-order chi connectivity index (χ0) is 23.0. The molecule has 8 nitrogen and oxygen atoms in total. The summed E-state index contributed by atoms with van der Waals surface area (Å²) in [5.74, 6) is 0.221. The lowest BCUT2D eigenvalue weighted by Gasteiger charge is -2.42. The number of nitriles is 1. The van der Waals surface area contributed by atoms with Gasteiger partial charge in [-0.15, -0.1) is 0 Å². The summed E-state index contributed by atoms with van der Waals surface area (Å²) in [6, 6.07) is 12.9.